The highest BCUT2D eigenvalue weighted by molar-refractivity contribution is 6.17. The van der Waals surface area contributed by atoms with Gasteiger partial charge < -0.3 is 10.3 Å². The first kappa shape index (κ1) is 12.9. The normalized spacial score (nSPS) is 27.5. The average Bonchev–Trinajstić information content (AvgIpc) is 2.67. The summed E-state index contributed by atoms with van der Waals surface area (Å²) in [5.41, 5.74) is 2.70. The Morgan fingerprint density at radius 1 is 1.45 bits per heavy atom. The fourth-order valence-corrected chi connectivity index (χ4v) is 3.48. The Morgan fingerprint density at radius 2 is 2.15 bits per heavy atom. The van der Waals surface area contributed by atoms with E-state index >= 15 is 0 Å². The van der Waals surface area contributed by atoms with Crippen LogP contribution < -0.4 is 0 Å². The van der Waals surface area contributed by atoms with Crippen LogP contribution in [-0.4, -0.2) is 16.5 Å². The quantitative estimate of drug-likeness (QED) is 0.820. The fourth-order valence-electron chi connectivity index (χ4n) is 3.48. The molecule has 1 saturated heterocycles. The van der Waals surface area contributed by atoms with Crippen molar-refractivity contribution in [3.63, 3.8) is 0 Å². The van der Waals surface area contributed by atoms with Crippen molar-refractivity contribution in [1.29, 1.82) is 5.41 Å². The molecule has 0 spiro atoms. The summed E-state index contributed by atoms with van der Waals surface area (Å²) in [5, 5.41) is 8.61. The van der Waals surface area contributed by atoms with Crippen molar-refractivity contribution in [1.82, 2.24) is 4.90 Å². The van der Waals surface area contributed by atoms with Gasteiger partial charge in [-0.3, -0.25) is 4.79 Å². The van der Waals surface area contributed by atoms with Crippen molar-refractivity contribution < 1.29 is 4.79 Å². The molecule has 3 nitrogen and oxygen atoms in total. The van der Waals surface area contributed by atoms with E-state index in [-0.39, 0.29) is 5.91 Å². The third-order valence-electron chi connectivity index (χ3n) is 4.44. The first-order valence-corrected chi connectivity index (χ1v) is 6.89. The van der Waals surface area contributed by atoms with Crippen LogP contribution in [0.25, 0.3) is 6.08 Å². The van der Waals surface area contributed by atoms with Crippen LogP contribution in [0.4, 0.5) is 0 Å². The molecule has 3 rings (SSSR count). The van der Waals surface area contributed by atoms with Gasteiger partial charge in [0.05, 0.1) is 11.6 Å². The highest BCUT2D eigenvalue weighted by Crippen LogP contribution is 2.47. The second kappa shape index (κ2) is 4.17. The summed E-state index contributed by atoms with van der Waals surface area (Å²) in [6.07, 6.45) is 4.48. The van der Waals surface area contributed by atoms with Crippen LogP contribution >= 0.6 is 0 Å². The topological polar surface area (TPSA) is 44.2 Å². The Hall–Kier alpha value is -2.16. The second-order valence-electron chi connectivity index (χ2n) is 5.52. The summed E-state index contributed by atoms with van der Waals surface area (Å²) in [5.74, 6) is -0.527. The molecule has 102 valence electrons. The standard InChI is InChI=1S/C17H18N2O/c1-4-17-13-8-6-5-7-12(13)9-10-19(17)16(20)14(11(2)3)15(17)18/h5-10,14,18H,2,4H2,1,3H3. The molecular weight excluding hydrogens is 248 g/mol. The predicted molar refractivity (Wildman–Crippen MR) is 80.3 cm³/mol. The van der Waals surface area contributed by atoms with Crippen molar-refractivity contribution in [2.45, 2.75) is 25.8 Å². The van der Waals surface area contributed by atoms with Crippen LogP contribution in [0.1, 0.15) is 31.4 Å². The van der Waals surface area contributed by atoms with Gasteiger partial charge in [-0.05, 0) is 30.5 Å². The Balaban J connectivity index is 2.28. The fraction of sp³-hybridized carbons (Fsp3) is 0.294. The number of hydrogen-bond donors (Lipinski definition) is 1. The monoisotopic (exact) mass is 266 g/mol. The molecule has 3 heteroatoms. The third kappa shape index (κ3) is 1.35. The zero-order valence-electron chi connectivity index (χ0n) is 11.8. The van der Waals surface area contributed by atoms with Gasteiger partial charge in [-0.25, -0.2) is 0 Å². The van der Waals surface area contributed by atoms with Crippen molar-refractivity contribution in [3.05, 3.63) is 53.7 Å². The zero-order valence-corrected chi connectivity index (χ0v) is 11.8. The van der Waals surface area contributed by atoms with E-state index < -0.39 is 11.5 Å². The summed E-state index contributed by atoms with van der Waals surface area (Å²) in [4.78, 5) is 14.4. The van der Waals surface area contributed by atoms with E-state index in [0.29, 0.717) is 12.1 Å². The maximum Gasteiger partial charge on any atom is 0.240 e. The minimum Gasteiger partial charge on any atom is -0.306 e. The molecule has 20 heavy (non-hydrogen) atoms. The average molecular weight is 266 g/mol. The number of benzene rings is 1. The van der Waals surface area contributed by atoms with E-state index in [4.69, 9.17) is 5.41 Å². The van der Waals surface area contributed by atoms with Crippen molar-refractivity contribution in [3.8, 4) is 0 Å². The van der Waals surface area contributed by atoms with E-state index in [9.17, 15) is 4.79 Å². The number of fused-ring (bicyclic) bond motifs is 3. The summed E-state index contributed by atoms with van der Waals surface area (Å²) in [6, 6.07) is 8.02. The molecular formula is C17H18N2O. The molecule has 0 radical (unpaired) electrons. The third-order valence-corrected chi connectivity index (χ3v) is 4.44. The first-order chi connectivity index (χ1) is 9.54. The number of nitrogens with zero attached hydrogens (tertiary/aromatic N) is 1. The van der Waals surface area contributed by atoms with Crippen LogP contribution in [0, 0.1) is 11.3 Å². The molecule has 1 N–H and O–H groups in total. The Morgan fingerprint density at radius 3 is 2.80 bits per heavy atom. The molecule has 2 heterocycles. The number of rotatable bonds is 2. The largest absolute Gasteiger partial charge is 0.306 e. The summed E-state index contributed by atoms with van der Waals surface area (Å²) < 4.78 is 0. The van der Waals surface area contributed by atoms with Gasteiger partial charge in [0, 0.05) is 6.20 Å². The highest BCUT2D eigenvalue weighted by Gasteiger charge is 2.56. The SMILES string of the molecule is C=C(C)C1C(=N)C2(CC)c3ccccc3C=CN2C1=O. The van der Waals surface area contributed by atoms with Gasteiger partial charge in [0.25, 0.3) is 0 Å². The number of carbonyl (C=O) groups excluding carboxylic acids is 1. The van der Waals surface area contributed by atoms with Gasteiger partial charge in [-0.2, -0.15) is 0 Å². The van der Waals surface area contributed by atoms with Gasteiger partial charge in [-0.15, -0.1) is 0 Å². The molecule has 1 aromatic rings. The Labute approximate surface area is 119 Å². The zero-order chi connectivity index (χ0) is 14.5. The molecule has 0 aromatic heterocycles. The van der Waals surface area contributed by atoms with Crippen molar-refractivity contribution in [2.24, 2.45) is 5.92 Å². The molecule has 0 bridgehead atoms. The summed E-state index contributed by atoms with van der Waals surface area (Å²) >= 11 is 0. The lowest BCUT2D eigenvalue weighted by molar-refractivity contribution is -0.130. The number of nitrogens with one attached hydrogen (secondary N) is 1. The van der Waals surface area contributed by atoms with Gasteiger partial charge >= 0.3 is 0 Å². The maximum atomic E-state index is 12.6. The van der Waals surface area contributed by atoms with Crippen molar-refractivity contribution in [2.75, 3.05) is 0 Å². The maximum absolute atomic E-state index is 12.6. The van der Waals surface area contributed by atoms with Crippen LogP contribution in [0.5, 0.6) is 0 Å². The molecule has 2 unspecified atom stereocenters. The van der Waals surface area contributed by atoms with E-state index in [1.165, 1.54) is 0 Å². The van der Waals surface area contributed by atoms with Crippen LogP contribution in [0.15, 0.2) is 42.6 Å². The lowest BCUT2D eigenvalue weighted by Crippen LogP contribution is -2.45. The van der Waals surface area contributed by atoms with Gasteiger partial charge in [0.1, 0.15) is 5.54 Å². The first-order valence-electron chi connectivity index (χ1n) is 6.89. The second-order valence-corrected chi connectivity index (χ2v) is 5.52. The smallest absolute Gasteiger partial charge is 0.240 e. The Bertz CT molecular complexity index is 659. The molecule has 0 saturated carbocycles. The van der Waals surface area contributed by atoms with Crippen LogP contribution in [0.3, 0.4) is 0 Å². The van der Waals surface area contributed by atoms with Gasteiger partial charge in [0.15, 0.2) is 0 Å². The Kier molecular flexibility index (Phi) is 2.68. The molecule has 0 aliphatic carbocycles. The van der Waals surface area contributed by atoms with Gasteiger partial charge in [0.2, 0.25) is 5.91 Å². The molecule has 1 aromatic carbocycles. The predicted octanol–water partition coefficient (Wildman–Crippen LogP) is 3.33. The number of amides is 1. The lowest BCUT2D eigenvalue weighted by atomic mass is 9.76. The molecule has 1 fully saturated rings. The summed E-state index contributed by atoms with van der Waals surface area (Å²) in [6.45, 7) is 7.77. The molecule has 2 aliphatic rings. The van der Waals surface area contributed by atoms with Crippen molar-refractivity contribution >= 4 is 17.7 Å². The van der Waals surface area contributed by atoms with E-state index in [1.54, 1.807) is 4.90 Å². The summed E-state index contributed by atoms with van der Waals surface area (Å²) in [7, 11) is 0. The van der Waals surface area contributed by atoms with Gasteiger partial charge in [-0.1, -0.05) is 43.3 Å². The lowest BCUT2D eigenvalue weighted by Gasteiger charge is -2.39. The van der Waals surface area contributed by atoms with Crippen LogP contribution in [0.2, 0.25) is 0 Å². The molecule has 1 amide bonds. The molecule has 2 atom stereocenters. The minimum absolute atomic E-state index is 0.0323. The number of carbonyl (C=O) groups is 1. The van der Waals surface area contributed by atoms with E-state index in [2.05, 4.69) is 6.58 Å². The minimum atomic E-state index is -0.633. The number of hydrogen-bond acceptors (Lipinski definition) is 2. The van der Waals surface area contributed by atoms with Crippen LogP contribution in [-0.2, 0) is 10.3 Å². The highest BCUT2D eigenvalue weighted by atomic mass is 16.2. The van der Waals surface area contributed by atoms with E-state index in [1.807, 2.05) is 50.4 Å². The molecule has 2 aliphatic heterocycles. The van der Waals surface area contributed by atoms with E-state index in [0.717, 1.165) is 16.7 Å².